The normalized spacial score (nSPS) is 11.0. The number of rotatable bonds is 2. The van der Waals surface area contributed by atoms with Gasteiger partial charge >= 0.3 is 0 Å². The summed E-state index contributed by atoms with van der Waals surface area (Å²) in [6, 6.07) is 6.25. The van der Waals surface area contributed by atoms with Crippen molar-refractivity contribution in [1.82, 2.24) is 30.0 Å². The number of benzene rings is 1. The fraction of sp³-hybridized carbons (Fsp3) is 0.231. The minimum Gasteiger partial charge on any atom is -0.226 e. The van der Waals surface area contributed by atoms with E-state index < -0.39 is 0 Å². The molecule has 0 saturated heterocycles. The van der Waals surface area contributed by atoms with E-state index in [1.165, 1.54) is 10.4 Å². The van der Waals surface area contributed by atoms with Crippen LogP contribution in [-0.4, -0.2) is 30.0 Å². The van der Waals surface area contributed by atoms with Crippen molar-refractivity contribution in [2.75, 3.05) is 0 Å². The van der Waals surface area contributed by atoms with E-state index >= 15 is 0 Å². The number of aromatic nitrogens is 6. The second kappa shape index (κ2) is 4.82. The standard InChI is InChI=1S/C13H13BrN6/c1-8-4-5-11(9(2)6-8)20-12(14)10(7-15-20)13-16-18-19(3)17-13/h4-7H,1-3H3. The lowest BCUT2D eigenvalue weighted by molar-refractivity contribution is 0.630. The van der Waals surface area contributed by atoms with Crippen LogP contribution in [0.1, 0.15) is 11.1 Å². The molecular weight excluding hydrogens is 320 g/mol. The molecule has 1 aromatic carbocycles. The first-order valence-electron chi connectivity index (χ1n) is 6.12. The number of aryl methyl sites for hydroxylation is 3. The summed E-state index contributed by atoms with van der Waals surface area (Å²) in [4.78, 5) is 1.43. The lowest BCUT2D eigenvalue weighted by Gasteiger charge is -2.08. The van der Waals surface area contributed by atoms with Crippen molar-refractivity contribution < 1.29 is 0 Å². The summed E-state index contributed by atoms with van der Waals surface area (Å²) in [7, 11) is 1.74. The molecule has 0 N–H and O–H groups in total. The summed E-state index contributed by atoms with van der Waals surface area (Å²) in [5.41, 5.74) is 4.23. The van der Waals surface area contributed by atoms with Gasteiger partial charge in [-0.2, -0.15) is 9.90 Å². The zero-order valence-corrected chi connectivity index (χ0v) is 13.0. The Bertz CT molecular complexity index is 773. The Hall–Kier alpha value is -2.02. The highest BCUT2D eigenvalue weighted by Crippen LogP contribution is 2.28. The number of nitrogens with zero attached hydrogens (tertiary/aromatic N) is 6. The summed E-state index contributed by atoms with van der Waals surface area (Å²) in [6.07, 6.45) is 1.74. The molecule has 2 aromatic heterocycles. The van der Waals surface area contributed by atoms with Crippen molar-refractivity contribution in [3.63, 3.8) is 0 Å². The molecule has 102 valence electrons. The fourth-order valence-corrected chi connectivity index (χ4v) is 2.65. The van der Waals surface area contributed by atoms with Crippen LogP contribution in [0.25, 0.3) is 17.1 Å². The number of hydrogen-bond acceptors (Lipinski definition) is 4. The van der Waals surface area contributed by atoms with Gasteiger partial charge in [0.15, 0.2) is 0 Å². The predicted molar refractivity (Wildman–Crippen MR) is 78.5 cm³/mol. The SMILES string of the molecule is Cc1ccc(-n2ncc(-c3nnn(C)n3)c2Br)c(C)c1. The van der Waals surface area contributed by atoms with E-state index in [1.807, 2.05) is 4.68 Å². The molecule has 3 aromatic rings. The predicted octanol–water partition coefficient (Wildman–Crippen LogP) is 2.44. The number of hydrogen-bond donors (Lipinski definition) is 0. The second-order valence-electron chi connectivity index (χ2n) is 4.65. The first-order valence-corrected chi connectivity index (χ1v) is 6.91. The molecule has 3 rings (SSSR count). The van der Waals surface area contributed by atoms with Gasteiger partial charge in [-0.25, -0.2) is 4.68 Å². The molecule has 0 spiro atoms. The van der Waals surface area contributed by atoms with Gasteiger partial charge in [-0.1, -0.05) is 17.7 Å². The minimum absolute atomic E-state index is 0.551. The first-order chi connectivity index (χ1) is 9.56. The Balaban J connectivity index is 2.10. The molecule has 0 atom stereocenters. The zero-order valence-electron chi connectivity index (χ0n) is 11.4. The first kappa shape index (κ1) is 13.0. The van der Waals surface area contributed by atoms with Gasteiger partial charge < -0.3 is 0 Å². The van der Waals surface area contributed by atoms with Crippen LogP contribution in [-0.2, 0) is 7.05 Å². The van der Waals surface area contributed by atoms with Gasteiger partial charge in [0.1, 0.15) is 4.60 Å². The molecule has 6 nitrogen and oxygen atoms in total. The molecule has 0 bridgehead atoms. The average molecular weight is 333 g/mol. The Morgan fingerprint density at radius 3 is 2.65 bits per heavy atom. The molecule has 0 aliphatic carbocycles. The van der Waals surface area contributed by atoms with Crippen LogP contribution in [0.15, 0.2) is 29.0 Å². The maximum absolute atomic E-state index is 4.41. The van der Waals surface area contributed by atoms with Crippen LogP contribution < -0.4 is 0 Å². The van der Waals surface area contributed by atoms with Crippen molar-refractivity contribution in [3.05, 3.63) is 40.1 Å². The third kappa shape index (κ3) is 2.14. The smallest absolute Gasteiger partial charge is 0.209 e. The van der Waals surface area contributed by atoms with Gasteiger partial charge in [0.2, 0.25) is 5.82 Å². The number of tetrazole rings is 1. The molecule has 0 unspecified atom stereocenters. The summed E-state index contributed by atoms with van der Waals surface area (Å²) < 4.78 is 2.65. The lowest BCUT2D eigenvalue weighted by Crippen LogP contribution is -1.99. The molecule has 20 heavy (non-hydrogen) atoms. The lowest BCUT2D eigenvalue weighted by atomic mass is 10.1. The van der Waals surface area contributed by atoms with E-state index in [9.17, 15) is 0 Å². The fourth-order valence-electron chi connectivity index (χ4n) is 2.09. The van der Waals surface area contributed by atoms with Gasteiger partial charge in [-0.15, -0.1) is 10.2 Å². The van der Waals surface area contributed by atoms with Crippen molar-refractivity contribution in [2.45, 2.75) is 13.8 Å². The summed E-state index contributed by atoms with van der Waals surface area (Å²) in [5.74, 6) is 0.551. The molecule has 7 heteroatoms. The third-order valence-electron chi connectivity index (χ3n) is 3.04. The highest BCUT2D eigenvalue weighted by Gasteiger charge is 2.16. The minimum atomic E-state index is 0.551. The molecule has 0 aliphatic heterocycles. The van der Waals surface area contributed by atoms with E-state index in [2.05, 4.69) is 68.5 Å². The summed E-state index contributed by atoms with van der Waals surface area (Å²) in [6.45, 7) is 4.14. The van der Waals surface area contributed by atoms with E-state index in [0.29, 0.717) is 5.82 Å². The molecule has 0 saturated carbocycles. The Kier molecular flexibility index (Phi) is 3.13. The topological polar surface area (TPSA) is 61.4 Å². The van der Waals surface area contributed by atoms with E-state index in [4.69, 9.17) is 0 Å². The Morgan fingerprint density at radius 1 is 1.20 bits per heavy atom. The Labute approximate surface area is 124 Å². The molecule has 0 aliphatic rings. The van der Waals surface area contributed by atoms with Crippen molar-refractivity contribution >= 4 is 15.9 Å². The zero-order chi connectivity index (χ0) is 14.3. The van der Waals surface area contributed by atoms with Crippen LogP contribution in [0.2, 0.25) is 0 Å². The van der Waals surface area contributed by atoms with Crippen LogP contribution >= 0.6 is 15.9 Å². The Morgan fingerprint density at radius 2 is 2.00 bits per heavy atom. The van der Waals surface area contributed by atoms with Gasteiger partial charge in [0.05, 0.1) is 24.5 Å². The maximum Gasteiger partial charge on any atom is 0.209 e. The van der Waals surface area contributed by atoms with Gasteiger partial charge in [-0.3, -0.25) is 0 Å². The van der Waals surface area contributed by atoms with Gasteiger partial charge in [-0.05, 0) is 46.6 Å². The van der Waals surface area contributed by atoms with Crippen molar-refractivity contribution in [3.8, 4) is 17.1 Å². The summed E-state index contributed by atoms with van der Waals surface area (Å²) >= 11 is 3.57. The largest absolute Gasteiger partial charge is 0.226 e. The van der Waals surface area contributed by atoms with Crippen LogP contribution in [0.5, 0.6) is 0 Å². The van der Waals surface area contributed by atoms with Gasteiger partial charge in [0.25, 0.3) is 0 Å². The second-order valence-corrected chi connectivity index (χ2v) is 5.40. The highest BCUT2D eigenvalue weighted by molar-refractivity contribution is 9.10. The van der Waals surface area contributed by atoms with E-state index in [1.54, 1.807) is 13.2 Å². The van der Waals surface area contributed by atoms with Crippen molar-refractivity contribution in [1.29, 1.82) is 0 Å². The van der Waals surface area contributed by atoms with E-state index in [-0.39, 0.29) is 0 Å². The third-order valence-corrected chi connectivity index (χ3v) is 3.80. The van der Waals surface area contributed by atoms with Crippen LogP contribution in [0, 0.1) is 13.8 Å². The number of halogens is 1. The highest BCUT2D eigenvalue weighted by atomic mass is 79.9. The molecule has 0 radical (unpaired) electrons. The van der Waals surface area contributed by atoms with Gasteiger partial charge in [0, 0.05) is 0 Å². The molecular formula is C13H13BrN6. The molecule has 0 amide bonds. The van der Waals surface area contributed by atoms with Crippen LogP contribution in [0.4, 0.5) is 0 Å². The maximum atomic E-state index is 4.41. The average Bonchev–Trinajstić information content (AvgIpc) is 2.96. The monoisotopic (exact) mass is 332 g/mol. The molecule has 2 heterocycles. The van der Waals surface area contributed by atoms with Crippen molar-refractivity contribution in [2.24, 2.45) is 7.05 Å². The quantitative estimate of drug-likeness (QED) is 0.723. The van der Waals surface area contributed by atoms with Crippen LogP contribution in [0.3, 0.4) is 0 Å². The van der Waals surface area contributed by atoms with E-state index in [0.717, 1.165) is 21.4 Å². The summed E-state index contributed by atoms with van der Waals surface area (Å²) in [5, 5.41) is 16.5. The molecule has 0 fully saturated rings.